The Labute approximate surface area is 173 Å². The Morgan fingerprint density at radius 2 is 1.79 bits per heavy atom. The second-order valence-corrected chi connectivity index (χ2v) is 7.62. The smallest absolute Gasteiger partial charge is 0.0547 e. The molecule has 1 atom stereocenters. The third-order valence-electron chi connectivity index (χ3n) is 4.52. The summed E-state index contributed by atoms with van der Waals surface area (Å²) >= 11 is 0. The summed E-state index contributed by atoms with van der Waals surface area (Å²) in [4.78, 5) is 0. The zero-order valence-corrected chi connectivity index (χ0v) is 18.9. The van der Waals surface area contributed by atoms with Gasteiger partial charge in [-0.05, 0) is 47.7 Å². The van der Waals surface area contributed by atoms with Crippen molar-refractivity contribution < 1.29 is 4.74 Å². The fourth-order valence-corrected chi connectivity index (χ4v) is 2.47. The van der Waals surface area contributed by atoms with E-state index in [1.807, 2.05) is 26.0 Å². The van der Waals surface area contributed by atoms with Crippen molar-refractivity contribution >= 4 is 10.8 Å². The molecule has 1 unspecified atom stereocenters. The molecule has 0 aliphatic heterocycles. The lowest BCUT2D eigenvalue weighted by Crippen LogP contribution is -2.13. The average Bonchev–Trinajstić information content (AvgIpc) is 2.69. The van der Waals surface area contributed by atoms with Crippen molar-refractivity contribution in [3.8, 4) is 12.3 Å². The van der Waals surface area contributed by atoms with E-state index in [0.29, 0.717) is 5.92 Å². The first-order valence-electron chi connectivity index (χ1n) is 9.99. The van der Waals surface area contributed by atoms with E-state index in [9.17, 15) is 0 Å². The molecule has 1 nitrogen and oxygen atoms in total. The van der Waals surface area contributed by atoms with Crippen LogP contribution in [0.5, 0.6) is 0 Å². The summed E-state index contributed by atoms with van der Waals surface area (Å²) in [6.07, 6.45) is 8.37. The van der Waals surface area contributed by atoms with Crippen LogP contribution in [-0.4, -0.2) is 13.7 Å². The van der Waals surface area contributed by atoms with E-state index in [0.717, 1.165) is 18.6 Å². The van der Waals surface area contributed by atoms with Crippen LogP contribution < -0.4 is 0 Å². The number of rotatable bonds is 6. The van der Waals surface area contributed by atoms with Gasteiger partial charge in [-0.3, -0.25) is 0 Å². The van der Waals surface area contributed by atoms with E-state index in [-0.39, 0.29) is 5.41 Å². The lowest BCUT2D eigenvalue weighted by molar-refractivity contribution is 0.133. The summed E-state index contributed by atoms with van der Waals surface area (Å²) < 4.78 is 4.93. The molecule has 0 aromatic heterocycles. The first-order chi connectivity index (χ1) is 13.2. The van der Waals surface area contributed by atoms with Crippen LogP contribution in [0.3, 0.4) is 0 Å². The van der Waals surface area contributed by atoms with Gasteiger partial charge in [-0.25, -0.2) is 0 Å². The van der Waals surface area contributed by atoms with Gasteiger partial charge in [0.2, 0.25) is 0 Å². The van der Waals surface area contributed by atoms with Gasteiger partial charge in [0, 0.05) is 18.1 Å². The molecule has 152 valence electrons. The van der Waals surface area contributed by atoms with E-state index < -0.39 is 0 Å². The molecule has 0 N–H and O–H groups in total. The van der Waals surface area contributed by atoms with E-state index in [1.165, 1.54) is 21.9 Å². The van der Waals surface area contributed by atoms with Crippen molar-refractivity contribution in [3.05, 3.63) is 72.3 Å². The molecule has 2 rings (SSSR count). The Bertz CT molecular complexity index is 790. The fourth-order valence-electron chi connectivity index (χ4n) is 2.47. The van der Waals surface area contributed by atoms with Gasteiger partial charge in [0.05, 0.1) is 6.61 Å². The third kappa shape index (κ3) is 9.07. The minimum Gasteiger partial charge on any atom is -0.384 e. The number of hydrogen-bond acceptors (Lipinski definition) is 1. The van der Waals surface area contributed by atoms with Gasteiger partial charge >= 0.3 is 0 Å². The second kappa shape index (κ2) is 13.0. The van der Waals surface area contributed by atoms with Crippen LogP contribution in [-0.2, 0) is 11.2 Å². The summed E-state index contributed by atoms with van der Waals surface area (Å²) in [7, 11) is 1.70. The van der Waals surface area contributed by atoms with Crippen LogP contribution in [0.1, 0.15) is 52.7 Å². The molecule has 0 aliphatic rings. The van der Waals surface area contributed by atoms with Crippen LogP contribution in [0, 0.1) is 23.7 Å². The molecule has 0 spiro atoms. The summed E-state index contributed by atoms with van der Waals surface area (Å²) in [6, 6.07) is 12.7. The number of terminal acetylenes is 1. The molecule has 0 saturated carbocycles. The highest BCUT2D eigenvalue weighted by molar-refractivity contribution is 5.84. The van der Waals surface area contributed by atoms with Crippen molar-refractivity contribution in [3.63, 3.8) is 0 Å². The molecule has 0 bridgehead atoms. The zero-order chi connectivity index (χ0) is 21.7. The first kappa shape index (κ1) is 25.7. The third-order valence-corrected chi connectivity index (χ3v) is 4.52. The second-order valence-electron chi connectivity index (χ2n) is 7.62. The van der Waals surface area contributed by atoms with Crippen molar-refractivity contribution in [1.29, 1.82) is 0 Å². The van der Waals surface area contributed by atoms with Gasteiger partial charge in [0.1, 0.15) is 0 Å². The maximum absolute atomic E-state index is 5.44. The number of ether oxygens (including phenoxy) is 1. The van der Waals surface area contributed by atoms with Crippen molar-refractivity contribution in [2.24, 2.45) is 11.3 Å². The predicted octanol–water partition coefficient (Wildman–Crippen LogP) is 7.45. The number of hydrogen-bond donors (Lipinski definition) is 0. The Morgan fingerprint density at radius 1 is 1.18 bits per heavy atom. The maximum atomic E-state index is 5.44. The average molecular weight is 379 g/mol. The minimum atomic E-state index is 0.134. The lowest BCUT2D eigenvalue weighted by Gasteiger charge is -2.16. The van der Waals surface area contributed by atoms with Gasteiger partial charge in [-0.1, -0.05) is 83.0 Å². The summed E-state index contributed by atoms with van der Waals surface area (Å²) in [6.45, 7) is 20.9. The highest BCUT2D eigenvalue weighted by Crippen LogP contribution is 2.21. The molecule has 2 aromatic rings. The molecule has 28 heavy (non-hydrogen) atoms. The zero-order valence-electron chi connectivity index (χ0n) is 18.9. The molecule has 0 amide bonds. The van der Waals surface area contributed by atoms with Crippen molar-refractivity contribution in [2.45, 2.75) is 48.0 Å². The largest absolute Gasteiger partial charge is 0.384 e. The Kier molecular flexibility index (Phi) is 11.9. The minimum absolute atomic E-state index is 0.134. The predicted molar refractivity (Wildman–Crippen MR) is 127 cm³/mol. The van der Waals surface area contributed by atoms with E-state index >= 15 is 0 Å². The normalized spacial score (nSPS) is 11.2. The number of benzene rings is 2. The van der Waals surface area contributed by atoms with Gasteiger partial charge < -0.3 is 4.74 Å². The fraction of sp³-hybridized carbons (Fsp3) is 0.407. The van der Waals surface area contributed by atoms with Gasteiger partial charge in [-0.2, -0.15) is 0 Å². The van der Waals surface area contributed by atoms with Crippen LogP contribution in [0.15, 0.2) is 61.2 Å². The van der Waals surface area contributed by atoms with E-state index in [4.69, 9.17) is 11.2 Å². The first-order valence-corrected chi connectivity index (χ1v) is 9.99. The molecule has 0 radical (unpaired) electrons. The van der Waals surface area contributed by atoms with E-state index in [2.05, 4.69) is 77.1 Å². The van der Waals surface area contributed by atoms with Gasteiger partial charge in [0.15, 0.2) is 0 Å². The highest BCUT2D eigenvalue weighted by Gasteiger charge is 2.10. The van der Waals surface area contributed by atoms with Crippen molar-refractivity contribution in [1.82, 2.24) is 0 Å². The standard InChI is InChI=1S/C18H18.C7H14O.C2H6/c1-5-15-6-8-17-9-7-16(12-18(17)11-15)10-14(4)13(2)3;1-5-7(2,3)6-8-4;1-2/h1,6-9,11-12,14H,2,10H2,3-4H3;5H,1,6H2,2-4H3;1-2H3. The molecule has 0 saturated heterocycles. The van der Waals surface area contributed by atoms with Gasteiger partial charge in [0.25, 0.3) is 0 Å². The van der Waals surface area contributed by atoms with Crippen molar-refractivity contribution in [2.75, 3.05) is 13.7 Å². The molecule has 0 aliphatic carbocycles. The monoisotopic (exact) mass is 378 g/mol. The van der Waals surface area contributed by atoms with Crippen LogP contribution in [0.25, 0.3) is 10.8 Å². The number of methoxy groups -OCH3 is 1. The van der Waals surface area contributed by atoms with E-state index in [1.54, 1.807) is 7.11 Å². The summed E-state index contributed by atoms with van der Waals surface area (Å²) in [5, 5.41) is 2.46. The topological polar surface area (TPSA) is 9.23 Å². The Morgan fingerprint density at radius 3 is 2.25 bits per heavy atom. The number of fused-ring (bicyclic) bond motifs is 1. The molecule has 0 fully saturated rings. The lowest BCUT2D eigenvalue weighted by atomic mass is 9.94. The molecule has 1 heteroatoms. The maximum Gasteiger partial charge on any atom is 0.0547 e. The summed E-state index contributed by atoms with van der Waals surface area (Å²) in [5.41, 5.74) is 3.64. The molecular formula is C27H38O. The molecular weight excluding hydrogens is 340 g/mol. The highest BCUT2D eigenvalue weighted by atomic mass is 16.5. The number of allylic oxidation sites excluding steroid dienone is 1. The molecule has 2 aromatic carbocycles. The van der Waals surface area contributed by atoms with Crippen LogP contribution in [0.2, 0.25) is 0 Å². The Balaban J connectivity index is 0.000000618. The molecule has 0 heterocycles. The quantitative estimate of drug-likeness (QED) is 0.375. The van der Waals surface area contributed by atoms with Crippen LogP contribution >= 0.6 is 0 Å². The Hall–Kier alpha value is -2.30. The summed E-state index contributed by atoms with van der Waals surface area (Å²) in [5.74, 6) is 3.20. The van der Waals surface area contributed by atoms with Crippen LogP contribution in [0.4, 0.5) is 0 Å². The SMILES string of the molecule is C#Cc1ccc2ccc(CC(C)C(=C)C)cc2c1.C=CC(C)(C)COC.CC. The van der Waals surface area contributed by atoms with Gasteiger partial charge in [-0.15, -0.1) is 13.0 Å².